The fraction of sp³-hybridized carbons (Fsp3) is 0.0588. The van der Waals surface area contributed by atoms with Crippen molar-refractivity contribution in [1.29, 1.82) is 0 Å². The van der Waals surface area contributed by atoms with E-state index in [0.29, 0.717) is 22.5 Å². The molecule has 0 spiro atoms. The molecule has 1 heterocycles. The minimum absolute atomic E-state index is 0.0421. The predicted molar refractivity (Wildman–Crippen MR) is 171 cm³/mol. The van der Waals surface area contributed by atoms with Gasteiger partial charge in [-0.25, -0.2) is 0 Å². The Balaban J connectivity index is 1.28. The molecule has 3 amide bonds. The number of amides is 3. The maximum Gasteiger partial charge on any atom is 0.272 e. The van der Waals surface area contributed by atoms with E-state index in [2.05, 4.69) is 20.9 Å². The van der Waals surface area contributed by atoms with Crippen LogP contribution in [0.4, 0.5) is 11.4 Å². The van der Waals surface area contributed by atoms with Crippen molar-refractivity contribution in [3.05, 3.63) is 132 Å². The van der Waals surface area contributed by atoms with Crippen LogP contribution in [0.2, 0.25) is 0 Å². The van der Waals surface area contributed by atoms with Gasteiger partial charge in [0.15, 0.2) is 5.78 Å². The molecule has 0 atom stereocenters. The Hall–Kier alpha value is -5.41. The van der Waals surface area contributed by atoms with E-state index in [-0.39, 0.29) is 23.1 Å². The van der Waals surface area contributed by atoms with Crippen LogP contribution in [0, 0.1) is 0 Å². The summed E-state index contributed by atoms with van der Waals surface area (Å²) in [7, 11) is 0. The van der Waals surface area contributed by atoms with Crippen molar-refractivity contribution in [2.75, 3.05) is 16.4 Å². The Morgan fingerprint density at radius 2 is 1.51 bits per heavy atom. The van der Waals surface area contributed by atoms with E-state index in [1.165, 1.54) is 18.7 Å². The topological polar surface area (TPSA) is 120 Å². The number of benzene rings is 4. The average molecular weight is 589 g/mol. The van der Waals surface area contributed by atoms with Crippen molar-refractivity contribution in [1.82, 2.24) is 10.3 Å². The van der Waals surface area contributed by atoms with E-state index in [0.717, 1.165) is 21.4 Å². The zero-order valence-electron chi connectivity index (χ0n) is 23.2. The van der Waals surface area contributed by atoms with Gasteiger partial charge in [-0.1, -0.05) is 42.5 Å². The minimum atomic E-state index is -0.497. The summed E-state index contributed by atoms with van der Waals surface area (Å²) in [6, 6.07) is 30.2. The highest BCUT2D eigenvalue weighted by Gasteiger charge is 2.16. The Bertz CT molecular complexity index is 1830. The van der Waals surface area contributed by atoms with Crippen LogP contribution in [0.25, 0.3) is 17.0 Å². The molecule has 0 radical (unpaired) electrons. The minimum Gasteiger partial charge on any atom is -0.361 e. The fourth-order valence-corrected chi connectivity index (χ4v) is 5.06. The molecule has 8 nitrogen and oxygen atoms in total. The number of ketones is 1. The van der Waals surface area contributed by atoms with Gasteiger partial charge in [0.2, 0.25) is 5.91 Å². The first-order chi connectivity index (χ1) is 20.9. The molecule has 0 aliphatic carbocycles. The summed E-state index contributed by atoms with van der Waals surface area (Å²) in [6.45, 7) is 1.49. The van der Waals surface area contributed by atoms with Crippen molar-refractivity contribution in [2.24, 2.45) is 0 Å². The average Bonchev–Trinajstić information content (AvgIpc) is 3.43. The van der Waals surface area contributed by atoms with Crippen LogP contribution in [0.3, 0.4) is 0 Å². The first-order valence-electron chi connectivity index (χ1n) is 13.4. The van der Waals surface area contributed by atoms with Crippen LogP contribution < -0.4 is 16.0 Å². The molecule has 0 unspecified atom stereocenters. The van der Waals surface area contributed by atoms with Crippen LogP contribution >= 0.6 is 11.8 Å². The Morgan fingerprint density at radius 1 is 0.767 bits per heavy atom. The second-order valence-electron chi connectivity index (χ2n) is 9.62. The van der Waals surface area contributed by atoms with E-state index < -0.39 is 11.8 Å². The summed E-state index contributed by atoms with van der Waals surface area (Å²) in [4.78, 5) is 54.4. The predicted octanol–water partition coefficient (Wildman–Crippen LogP) is 6.51. The second-order valence-corrected chi connectivity index (χ2v) is 10.7. The Morgan fingerprint density at radius 3 is 2.28 bits per heavy atom. The molecule has 0 bridgehead atoms. The summed E-state index contributed by atoms with van der Waals surface area (Å²) in [6.07, 6.45) is 3.42. The molecule has 9 heteroatoms. The monoisotopic (exact) mass is 588 g/mol. The van der Waals surface area contributed by atoms with Gasteiger partial charge in [-0.3, -0.25) is 19.2 Å². The molecule has 0 saturated carbocycles. The number of H-pyrrole nitrogens is 1. The molecule has 0 saturated heterocycles. The molecular weight excluding hydrogens is 560 g/mol. The molecule has 5 rings (SSSR count). The van der Waals surface area contributed by atoms with E-state index in [1.54, 1.807) is 79.0 Å². The van der Waals surface area contributed by atoms with Crippen molar-refractivity contribution < 1.29 is 19.2 Å². The lowest BCUT2D eigenvalue weighted by molar-refractivity contribution is -0.114. The van der Waals surface area contributed by atoms with Gasteiger partial charge in [0.05, 0.1) is 5.75 Å². The van der Waals surface area contributed by atoms with E-state index >= 15 is 0 Å². The number of aromatic amines is 1. The number of carbonyl (C=O) groups excluding carboxylic acids is 4. The highest BCUT2D eigenvalue weighted by Crippen LogP contribution is 2.24. The molecule has 0 fully saturated rings. The summed E-state index contributed by atoms with van der Waals surface area (Å²) < 4.78 is 0. The van der Waals surface area contributed by atoms with Crippen LogP contribution in [-0.4, -0.2) is 34.2 Å². The van der Waals surface area contributed by atoms with Crippen molar-refractivity contribution >= 4 is 63.6 Å². The third kappa shape index (κ3) is 7.66. The number of anilines is 2. The van der Waals surface area contributed by atoms with Gasteiger partial charge in [0.1, 0.15) is 5.70 Å². The van der Waals surface area contributed by atoms with Crippen LogP contribution in [0.15, 0.2) is 120 Å². The van der Waals surface area contributed by atoms with E-state index in [4.69, 9.17) is 0 Å². The van der Waals surface area contributed by atoms with Crippen LogP contribution in [0.1, 0.15) is 33.2 Å². The van der Waals surface area contributed by atoms with Gasteiger partial charge in [-0.15, -0.1) is 11.8 Å². The zero-order chi connectivity index (χ0) is 30.2. The third-order valence-corrected chi connectivity index (χ3v) is 7.48. The number of para-hydroxylation sites is 1. The van der Waals surface area contributed by atoms with E-state index in [1.807, 2.05) is 36.4 Å². The van der Waals surface area contributed by atoms with Gasteiger partial charge in [0, 0.05) is 50.1 Å². The number of fused-ring (bicyclic) bond motifs is 1. The van der Waals surface area contributed by atoms with Crippen molar-refractivity contribution in [3.63, 3.8) is 0 Å². The Kier molecular flexibility index (Phi) is 9.14. The highest BCUT2D eigenvalue weighted by atomic mass is 32.2. The molecule has 5 aromatic rings. The number of hydrogen-bond donors (Lipinski definition) is 4. The van der Waals surface area contributed by atoms with E-state index in [9.17, 15) is 19.2 Å². The summed E-state index contributed by atoms with van der Waals surface area (Å²) in [5.74, 6) is -1.01. The molecule has 4 aromatic carbocycles. The quantitative estimate of drug-likeness (QED) is 0.0842. The summed E-state index contributed by atoms with van der Waals surface area (Å²) in [5, 5.41) is 9.36. The molecule has 43 heavy (non-hydrogen) atoms. The Labute approximate surface area is 252 Å². The number of thioether (sulfide) groups is 1. The first kappa shape index (κ1) is 29.1. The second kappa shape index (κ2) is 13.5. The number of Topliss-reactive ketones (excluding diaryl/α,β-unsaturated/α-hetero) is 1. The summed E-state index contributed by atoms with van der Waals surface area (Å²) >= 11 is 1.31. The fourth-order valence-electron chi connectivity index (χ4n) is 4.31. The maximum atomic E-state index is 13.5. The number of aromatic nitrogens is 1. The SMILES string of the molecule is CC(=O)c1ccc(NC(=O)CSc2cccc(NC(=O)/C(=C/c3c[nH]c4ccccc34)NC(=O)c3ccccc3)c2)cc1. The number of carbonyl (C=O) groups is 4. The normalized spacial score (nSPS) is 11.1. The molecular formula is C34H28N4O4S. The van der Waals surface area contributed by atoms with Crippen LogP contribution in [0.5, 0.6) is 0 Å². The lowest BCUT2D eigenvalue weighted by Gasteiger charge is -2.12. The van der Waals surface area contributed by atoms with Crippen molar-refractivity contribution in [2.45, 2.75) is 11.8 Å². The third-order valence-electron chi connectivity index (χ3n) is 6.49. The van der Waals surface area contributed by atoms with Crippen LogP contribution in [-0.2, 0) is 9.59 Å². The smallest absolute Gasteiger partial charge is 0.272 e. The first-order valence-corrected chi connectivity index (χ1v) is 14.4. The lowest BCUT2D eigenvalue weighted by Crippen LogP contribution is -2.30. The number of hydrogen-bond acceptors (Lipinski definition) is 5. The standard InChI is InChI=1S/C34H28N4O4S/c1-22(39)23-14-16-26(17-15-23)36-32(40)21-43-28-11-7-10-27(19-28)37-34(42)31(38-33(41)24-8-3-2-4-9-24)18-25-20-35-30-13-6-5-12-29(25)30/h2-20,35H,21H2,1H3,(H,36,40)(H,37,42)(H,38,41)/b31-18-. The number of nitrogens with one attached hydrogen (secondary N) is 4. The lowest BCUT2D eigenvalue weighted by atomic mass is 10.1. The van der Waals surface area contributed by atoms with Gasteiger partial charge in [-0.05, 0) is 73.7 Å². The zero-order valence-corrected chi connectivity index (χ0v) is 24.0. The largest absolute Gasteiger partial charge is 0.361 e. The van der Waals surface area contributed by atoms with Gasteiger partial charge < -0.3 is 20.9 Å². The van der Waals surface area contributed by atoms with Gasteiger partial charge in [-0.2, -0.15) is 0 Å². The van der Waals surface area contributed by atoms with Gasteiger partial charge in [0.25, 0.3) is 11.8 Å². The molecule has 0 aliphatic heterocycles. The molecule has 1 aromatic heterocycles. The number of rotatable bonds is 10. The van der Waals surface area contributed by atoms with Crippen molar-refractivity contribution in [3.8, 4) is 0 Å². The van der Waals surface area contributed by atoms with Gasteiger partial charge >= 0.3 is 0 Å². The molecule has 214 valence electrons. The maximum absolute atomic E-state index is 13.5. The highest BCUT2D eigenvalue weighted by molar-refractivity contribution is 8.00. The molecule has 0 aliphatic rings. The summed E-state index contributed by atoms with van der Waals surface area (Å²) in [5.41, 5.74) is 3.84. The molecule has 4 N–H and O–H groups in total.